The summed E-state index contributed by atoms with van der Waals surface area (Å²) in [7, 11) is 0. The second kappa shape index (κ2) is 10.6. The van der Waals surface area contributed by atoms with Crippen LogP contribution < -0.4 is 21.7 Å². The number of nitrogens with two attached hydrogens (primary N) is 1. The molecule has 164 valence electrons. The van der Waals surface area contributed by atoms with Crippen molar-refractivity contribution in [3.05, 3.63) is 18.2 Å². The number of hydrogen-bond donors (Lipinski definition) is 6. The van der Waals surface area contributed by atoms with Crippen molar-refractivity contribution in [3.63, 3.8) is 0 Å². The molecule has 0 aromatic carbocycles. The van der Waals surface area contributed by atoms with Gasteiger partial charge in [-0.2, -0.15) is 12.6 Å². The third-order valence-electron chi connectivity index (χ3n) is 4.48. The summed E-state index contributed by atoms with van der Waals surface area (Å²) in [5.74, 6) is -2.58. The quantitative estimate of drug-likeness (QED) is 0.212. The van der Waals surface area contributed by atoms with E-state index in [-0.39, 0.29) is 31.2 Å². The third-order valence-corrected chi connectivity index (χ3v) is 4.85. The van der Waals surface area contributed by atoms with Crippen LogP contribution in [-0.2, 0) is 30.4 Å². The molecular formula is C17H25N7O5S. The van der Waals surface area contributed by atoms with E-state index in [1.54, 1.807) is 0 Å². The van der Waals surface area contributed by atoms with Crippen molar-refractivity contribution in [2.45, 2.75) is 37.9 Å². The van der Waals surface area contributed by atoms with E-state index in [4.69, 9.17) is 5.73 Å². The Morgan fingerprint density at radius 3 is 2.63 bits per heavy atom. The second-order valence-corrected chi connectivity index (χ2v) is 7.21. The van der Waals surface area contributed by atoms with Gasteiger partial charge in [0, 0.05) is 37.5 Å². The number of primary amides is 1. The van der Waals surface area contributed by atoms with Gasteiger partial charge in [-0.05, 0) is 6.42 Å². The zero-order valence-corrected chi connectivity index (χ0v) is 17.3. The summed E-state index contributed by atoms with van der Waals surface area (Å²) in [6, 6.07) is -2.64. The number of amides is 5. The van der Waals surface area contributed by atoms with Crippen molar-refractivity contribution in [1.29, 1.82) is 0 Å². The first-order chi connectivity index (χ1) is 14.2. The Kier molecular flexibility index (Phi) is 8.21. The average Bonchev–Trinajstić information content (AvgIpc) is 3.30. The number of rotatable bonds is 10. The SMILES string of the molecule is CC(=O)N[C@@H](Cc1cnc[nH]1)C(=O)NC1CCN(CC(=O)N[C@@H](CS)C(N)=O)C1=O. The average molecular weight is 439 g/mol. The molecule has 2 heterocycles. The minimum atomic E-state index is -0.935. The third kappa shape index (κ3) is 6.47. The Labute approximate surface area is 178 Å². The molecule has 13 heteroatoms. The van der Waals surface area contributed by atoms with Gasteiger partial charge in [-0.1, -0.05) is 0 Å². The first kappa shape index (κ1) is 23.2. The number of nitrogens with zero attached hydrogens (tertiary/aromatic N) is 2. The molecule has 0 saturated carbocycles. The Hall–Kier alpha value is -3.09. The lowest BCUT2D eigenvalue weighted by atomic mass is 10.1. The number of carbonyl (C=O) groups excluding carboxylic acids is 5. The van der Waals surface area contributed by atoms with Crippen LogP contribution in [0, 0.1) is 0 Å². The number of H-pyrrole nitrogens is 1. The minimum absolute atomic E-state index is 0.0363. The van der Waals surface area contributed by atoms with Crippen molar-refractivity contribution < 1.29 is 24.0 Å². The summed E-state index contributed by atoms with van der Waals surface area (Å²) in [6.45, 7) is 1.27. The van der Waals surface area contributed by atoms with E-state index in [1.807, 2.05) is 0 Å². The van der Waals surface area contributed by atoms with Crippen molar-refractivity contribution in [3.8, 4) is 0 Å². The van der Waals surface area contributed by atoms with Crippen LogP contribution in [0.25, 0.3) is 0 Å². The maximum Gasteiger partial charge on any atom is 0.245 e. The number of hydrogen-bond acceptors (Lipinski definition) is 7. The highest BCUT2D eigenvalue weighted by molar-refractivity contribution is 7.80. The molecule has 30 heavy (non-hydrogen) atoms. The molecule has 1 aliphatic heterocycles. The van der Waals surface area contributed by atoms with Gasteiger partial charge in [0.05, 0.1) is 12.9 Å². The fourth-order valence-corrected chi connectivity index (χ4v) is 3.26. The molecule has 1 aliphatic rings. The minimum Gasteiger partial charge on any atom is -0.368 e. The maximum absolute atomic E-state index is 12.6. The summed E-state index contributed by atoms with van der Waals surface area (Å²) >= 11 is 3.94. The number of aromatic amines is 1. The van der Waals surface area contributed by atoms with Gasteiger partial charge in [-0.25, -0.2) is 4.98 Å². The molecule has 0 aliphatic carbocycles. The topological polar surface area (TPSA) is 179 Å². The van der Waals surface area contributed by atoms with E-state index < -0.39 is 41.8 Å². The lowest BCUT2D eigenvalue weighted by Gasteiger charge is -2.21. The van der Waals surface area contributed by atoms with Crippen LogP contribution in [0.2, 0.25) is 0 Å². The molecule has 1 aromatic heterocycles. The zero-order valence-electron chi connectivity index (χ0n) is 16.4. The van der Waals surface area contributed by atoms with Gasteiger partial charge in [0.25, 0.3) is 0 Å². The Balaban J connectivity index is 1.92. The molecular weight excluding hydrogens is 414 g/mol. The highest BCUT2D eigenvalue weighted by Gasteiger charge is 2.35. The number of nitrogens with one attached hydrogen (secondary N) is 4. The molecule has 0 radical (unpaired) electrons. The molecule has 5 amide bonds. The van der Waals surface area contributed by atoms with Crippen LogP contribution in [0.15, 0.2) is 12.5 Å². The summed E-state index contributed by atoms with van der Waals surface area (Å²) in [6.07, 6.45) is 3.47. The summed E-state index contributed by atoms with van der Waals surface area (Å²) in [5.41, 5.74) is 5.80. The van der Waals surface area contributed by atoms with Crippen LogP contribution in [-0.4, -0.2) is 81.4 Å². The molecule has 1 saturated heterocycles. The van der Waals surface area contributed by atoms with Crippen LogP contribution in [0.4, 0.5) is 0 Å². The number of carbonyl (C=O) groups is 5. The molecule has 0 bridgehead atoms. The van der Waals surface area contributed by atoms with E-state index in [0.29, 0.717) is 12.1 Å². The van der Waals surface area contributed by atoms with Gasteiger partial charge < -0.3 is 31.6 Å². The van der Waals surface area contributed by atoms with Gasteiger partial charge in [-0.3, -0.25) is 24.0 Å². The van der Waals surface area contributed by atoms with Gasteiger partial charge in [0.1, 0.15) is 18.1 Å². The van der Waals surface area contributed by atoms with E-state index in [1.165, 1.54) is 24.3 Å². The Morgan fingerprint density at radius 2 is 2.07 bits per heavy atom. The number of likely N-dealkylation sites (tertiary alicyclic amines) is 1. The highest BCUT2D eigenvalue weighted by Crippen LogP contribution is 2.11. The summed E-state index contributed by atoms with van der Waals surface area (Å²) in [5, 5.41) is 7.58. The van der Waals surface area contributed by atoms with Crippen LogP contribution in [0.3, 0.4) is 0 Å². The van der Waals surface area contributed by atoms with Crippen molar-refractivity contribution in [2.24, 2.45) is 5.73 Å². The van der Waals surface area contributed by atoms with E-state index >= 15 is 0 Å². The van der Waals surface area contributed by atoms with Gasteiger partial charge in [0.15, 0.2) is 0 Å². The summed E-state index contributed by atoms with van der Waals surface area (Å²) < 4.78 is 0. The predicted molar refractivity (Wildman–Crippen MR) is 108 cm³/mol. The second-order valence-electron chi connectivity index (χ2n) is 6.85. The molecule has 0 spiro atoms. The molecule has 1 aromatic rings. The van der Waals surface area contributed by atoms with E-state index in [9.17, 15) is 24.0 Å². The first-order valence-electron chi connectivity index (χ1n) is 9.24. The van der Waals surface area contributed by atoms with E-state index in [0.717, 1.165) is 0 Å². The molecule has 1 unspecified atom stereocenters. The number of imidazole rings is 1. The van der Waals surface area contributed by atoms with Gasteiger partial charge in [-0.15, -0.1) is 0 Å². The normalized spacial score (nSPS) is 17.9. The monoisotopic (exact) mass is 439 g/mol. The van der Waals surface area contributed by atoms with Crippen LogP contribution in [0.5, 0.6) is 0 Å². The van der Waals surface area contributed by atoms with Crippen molar-refractivity contribution in [1.82, 2.24) is 30.8 Å². The van der Waals surface area contributed by atoms with Crippen molar-refractivity contribution in [2.75, 3.05) is 18.8 Å². The zero-order chi connectivity index (χ0) is 22.3. The smallest absolute Gasteiger partial charge is 0.245 e. The molecule has 2 rings (SSSR count). The molecule has 6 N–H and O–H groups in total. The number of thiol groups is 1. The first-order valence-corrected chi connectivity index (χ1v) is 9.87. The lowest BCUT2D eigenvalue weighted by Crippen LogP contribution is -2.53. The predicted octanol–water partition coefficient (Wildman–Crippen LogP) is -2.93. The fraction of sp³-hybridized carbons (Fsp3) is 0.529. The van der Waals surface area contributed by atoms with Crippen LogP contribution in [0.1, 0.15) is 19.0 Å². The van der Waals surface area contributed by atoms with Crippen LogP contribution >= 0.6 is 12.6 Å². The lowest BCUT2D eigenvalue weighted by molar-refractivity contribution is -0.136. The largest absolute Gasteiger partial charge is 0.368 e. The maximum atomic E-state index is 12.6. The van der Waals surface area contributed by atoms with Crippen molar-refractivity contribution >= 4 is 42.2 Å². The molecule has 3 atom stereocenters. The highest BCUT2D eigenvalue weighted by atomic mass is 32.1. The molecule has 1 fully saturated rings. The van der Waals surface area contributed by atoms with Gasteiger partial charge >= 0.3 is 0 Å². The Bertz CT molecular complexity index is 800. The Morgan fingerprint density at radius 1 is 1.33 bits per heavy atom. The summed E-state index contributed by atoms with van der Waals surface area (Å²) in [4.78, 5) is 67.9. The fourth-order valence-electron chi connectivity index (χ4n) is 2.99. The molecule has 12 nitrogen and oxygen atoms in total. The van der Waals surface area contributed by atoms with E-state index in [2.05, 4.69) is 38.5 Å². The van der Waals surface area contributed by atoms with Gasteiger partial charge in [0.2, 0.25) is 29.5 Å². The number of aromatic nitrogens is 2. The standard InChI is InChI=1S/C17H25N7O5S/c1-9(25)21-12(4-10-5-19-8-20-10)16(28)23-11-2-3-24(17(11)29)6-14(26)22-13(7-30)15(18)27/h5,8,11-13,30H,2-4,6-7H2,1H3,(H2,18,27)(H,19,20)(H,21,25)(H,22,26)(H,23,28)/t11?,12-,13-/m0/s1.